The lowest BCUT2D eigenvalue weighted by atomic mass is 10.6. The minimum absolute atomic E-state index is 0.362. The maximum atomic E-state index is 10.3. The molecule has 0 aromatic rings. The average Bonchev–Trinajstić information content (AvgIpc) is 1.98. The van der Waals surface area contributed by atoms with E-state index in [0.29, 0.717) is 13.2 Å². The quantitative estimate of drug-likeness (QED) is 0.461. The van der Waals surface area contributed by atoms with E-state index in [0.717, 1.165) is 6.54 Å². The topological polar surface area (TPSA) is 47.6 Å². The van der Waals surface area contributed by atoms with E-state index in [1.54, 1.807) is 0 Å². The Bertz CT molecular complexity index is 95.0. The number of likely N-dealkylation sites (N-methyl/N-ethyl adjacent to an activating group) is 1. The second-order valence-electron chi connectivity index (χ2n) is 1.66. The first kappa shape index (κ1) is 9.23. The molecule has 0 aromatic heterocycles. The first-order valence-electron chi connectivity index (χ1n) is 3.22. The summed E-state index contributed by atoms with van der Waals surface area (Å²) in [6, 6.07) is 0. The molecule has 0 aliphatic rings. The number of carbonyl (C=O) groups excluding carboxylic acids is 1. The Morgan fingerprint density at radius 3 is 2.80 bits per heavy atom. The molecule has 0 heterocycles. The van der Waals surface area contributed by atoms with Gasteiger partial charge in [0, 0.05) is 6.54 Å². The van der Waals surface area contributed by atoms with Crippen LogP contribution in [0.4, 0.5) is 4.79 Å². The highest BCUT2D eigenvalue weighted by Crippen LogP contribution is 1.79. The molecule has 0 radical (unpaired) electrons. The maximum Gasteiger partial charge on any atom is 0.508 e. The first-order valence-corrected chi connectivity index (χ1v) is 3.22. The summed E-state index contributed by atoms with van der Waals surface area (Å²) in [4.78, 5) is 10.3. The van der Waals surface area contributed by atoms with E-state index in [4.69, 9.17) is 0 Å². The van der Waals surface area contributed by atoms with Crippen molar-refractivity contribution in [2.24, 2.45) is 0 Å². The largest absolute Gasteiger partial charge is 0.508 e. The molecule has 0 bridgehead atoms. The predicted octanol–water partition coefficient (Wildman–Crippen LogP) is 0.379. The van der Waals surface area contributed by atoms with Crippen molar-refractivity contribution in [1.82, 2.24) is 5.32 Å². The summed E-state index contributed by atoms with van der Waals surface area (Å²) in [5.41, 5.74) is 0. The molecule has 0 saturated carbocycles. The highest BCUT2D eigenvalue weighted by atomic mass is 16.7. The van der Waals surface area contributed by atoms with Gasteiger partial charge in [0.05, 0.1) is 7.11 Å². The Kier molecular flexibility index (Phi) is 5.86. The molecule has 0 aliphatic heterocycles. The number of nitrogens with one attached hydrogen (secondary N) is 1. The van der Waals surface area contributed by atoms with Crippen molar-refractivity contribution >= 4 is 6.16 Å². The van der Waals surface area contributed by atoms with Gasteiger partial charge in [-0.05, 0) is 6.54 Å². The number of rotatable bonds is 4. The van der Waals surface area contributed by atoms with Crippen molar-refractivity contribution in [2.75, 3.05) is 26.8 Å². The van der Waals surface area contributed by atoms with Gasteiger partial charge in [-0.1, -0.05) is 6.92 Å². The van der Waals surface area contributed by atoms with Gasteiger partial charge in [0.15, 0.2) is 0 Å². The summed E-state index contributed by atoms with van der Waals surface area (Å²) in [6.45, 7) is 3.90. The SMILES string of the molecule is CCNCCOC(=O)OC. The van der Waals surface area contributed by atoms with E-state index in [1.807, 2.05) is 6.92 Å². The summed E-state index contributed by atoms with van der Waals surface area (Å²) in [7, 11) is 1.29. The van der Waals surface area contributed by atoms with Gasteiger partial charge in [0.25, 0.3) is 0 Å². The van der Waals surface area contributed by atoms with Gasteiger partial charge in [-0.3, -0.25) is 0 Å². The van der Waals surface area contributed by atoms with Crippen molar-refractivity contribution in [3.05, 3.63) is 0 Å². The molecule has 10 heavy (non-hydrogen) atoms. The lowest BCUT2D eigenvalue weighted by Gasteiger charge is -2.01. The van der Waals surface area contributed by atoms with Crippen LogP contribution in [0.3, 0.4) is 0 Å². The van der Waals surface area contributed by atoms with Crippen molar-refractivity contribution < 1.29 is 14.3 Å². The van der Waals surface area contributed by atoms with Gasteiger partial charge < -0.3 is 14.8 Å². The smallest absolute Gasteiger partial charge is 0.438 e. The fourth-order valence-corrected chi connectivity index (χ4v) is 0.442. The number of methoxy groups -OCH3 is 1. The second kappa shape index (κ2) is 6.35. The Balaban J connectivity index is 2.96. The van der Waals surface area contributed by atoms with Crippen LogP contribution in [0.2, 0.25) is 0 Å². The minimum atomic E-state index is -0.627. The second-order valence-corrected chi connectivity index (χ2v) is 1.66. The van der Waals surface area contributed by atoms with E-state index in [9.17, 15) is 4.79 Å². The van der Waals surface area contributed by atoms with Crippen molar-refractivity contribution in [1.29, 1.82) is 0 Å². The van der Waals surface area contributed by atoms with Gasteiger partial charge in [0.1, 0.15) is 6.61 Å². The lowest BCUT2D eigenvalue weighted by molar-refractivity contribution is 0.0736. The zero-order valence-corrected chi connectivity index (χ0v) is 6.35. The molecule has 4 heteroatoms. The van der Waals surface area contributed by atoms with Gasteiger partial charge in [-0.2, -0.15) is 0 Å². The van der Waals surface area contributed by atoms with Crippen LogP contribution in [-0.2, 0) is 9.47 Å². The van der Waals surface area contributed by atoms with Crippen LogP contribution in [0.25, 0.3) is 0 Å². The number of hydrogen-bond donors (Lipinski definition) is 1. The molecule has 0 rings (SSSR count). The summed E-state index contributed by atoms with van der Waals surface area (Å²) in [5, 5.41) is 2.99. The molecule has 0 aromatic carbocycles. The normalized spacial score (nSPS) is 9.00. The van der Waals surface area contributed by atoms with E-state index in [2.05, 4.69) is 14.8 Å². The Hall–Kier alpha value is -0.770. The first-order chi connectivity index (χ1) is 4.81. The van der Waals surface area contributed by atoms with E-state index < -0.39 is 6.16 Å². The minimum Gasteiger partial charge on any atom is -0.438 e. The molecular formula is C6H13NO3. The molecule has 0 amide bonds. The predicted molar refractivity (Wildman–Crippen MR) is 36.9 cm³/mol. The van der Waals surface area contributed by atoms with Crippen LogP contribution in [0.15, 0.2) is 0 Å². The highest BCUT2D eigenvalue weighted by molar-refractivity contribution is 5.59. The van der Waals surface area contributed by atoms with Crippen LogP contribution in [0.5, 0.6) is 0 Å². The van der Waals surface area contributed by atoms with Crippen molar-refractivity contribution in [3.63, 3.8) is 0 Å². The van der Waals surface area contributed by atoms with Crippen LogP contribution < -0.4 is 5.32 Å². The summed E-state index contributed by atoms with van der Waals surface area (Å²) in [5.74, 6) is 0. The molecule has 0 unspecified atom stereocenters. The highest BCUT2D eigenvalue weighted by Gasteiger charge is 1.96. The monoisotopic (exact) mass is 147 g/mol. The third kappa shape index (κ3) is 5.37. The Labute approximate surface area is 60.5 Å². The van der Waals surface area contributed by atoms with Crippen molar-refractivity contribution in [3.8, 4) is 0 Å². The zero-order valence-electron chi connectivity index (χ0n) is 6.35. The molecule has 4 nitrogen and oxygen atoms in total. The van der Waals surface area contributed by atoms with E-state index >= 15 is 0 Å². The van der Waals surface area contributed by atoms with Gasteiger partial charge in [-0.15, -0.1) is 0 Å². The summed E-state index contributed by atoms with van der Waals surface area (Å²) in [6.07, 6.45) is -0.627. The fraction of sp³-hybridized carbons (Fsp3) is 0.833. The lowest BCUT2D eigenvalue weighted by Crippen LogP contribution is -2.20. The maximum absolute atomic E-state index is 10.3. The average molecular weight is 147 g/mol. The number of carbonyl (C=O) groups is 1. The molecule has 60 valence electrons. The van der Waals surface area contributed by atoms with Crippen LogP contribution >= 0.6 is 0 Å². The zero-order chi connectivity index (χ0) is 7.82. The molecule has 0 atom stereocenters. The number of hydrogen-bond acceptors (Lipinski definition) is 4. The third-order valence-electron chi connectivity index (χ3n) is 0.915. The van der Waals surface area contributed by atoms with Crippen LogP contribution in [-0.4, -0.2) is 33.0 Å². The molecule has 0 aliphatic carbocycles. The Morgan fingerprint density at radius 1 is 1.60 bits per heavy atom. The summed E-state index contributed by atoms with van der Waals surface area (Å²) < 4.78 is 8.81. The van der Waals surface area contributed by atoms with Crippen LogP contribution in [0, 0.1) is 0 Å². The molecule has 0 saturated heterocycles. The third-order valence-corrected chi connectivity index (χ3v) is 0.915. The van der Waals surface area contributed by atoms with Gasteiger partial charge in [0.2, 0.25) is 0 Å². The molecule has 0 fully saturated rings. The van der Waals surface area contributed by atoms with Gasteiger partial charge in [-0.25, -0.2) is 4.79 Å². The molecule has 1 N–H and O–H groups in total. The number of ether oxygens (including phenoxy) is 2. The summed E-state index contributed by atoms with van der Waals surface area (Å²) >= 11 is 0. The van der Waals surface area contributed by atoms with Crippen molar-refractivity contribution in [2.45, 2.75) is 6.92 Å². The van der Waals surface area contributed by atoms with E-state index in [1.165, 1.54) is 7.11 Å². The van der Waals surface area contributed by atoms with E-state index in [-0.39, 0.29) is 0 Å². The van der Waals surface area contributed by atoms with Crippen LogP contribution in [0.1, 0.15) is 6.92 Å². The fourth-order valence-electron chi connectivity index (χ4n) is 0.442. The standard InChI is InChI=1S/C6H13NO3/c1-3-7-4-5-10-6(8)9-2/h7H,3-5H2,1-2H3. The molecular weight excluding hydrogens is 134 g/mol. The Morgan fingerprint density at radius 2 is 2.30 bits per heavy atom. The molecule has 0 spiro atoms. The van der Waals surface area contributed by atoms with Gasteiger partial charge >= 0.3 is 6.16 Å².